The molecule has 0 saturated carbocycles. The molecule has 1 saturated heterocycles. The summed E-state index contributed by atoms with van der Waals surface area (Å²) in [7, 11) is 2.22. The van der Waals surface area contributed by atoms with Gasteiger partial charge < -0.3 is 10.2 Å². The van der Waals surface area contributed by atoms with E-state index in [0.29, 0.717) is 6.04 Å². The highest BCUT2D eigenvalue weighted by molar-refractivity contribution is 6.30. The van der Waals surface area contributed by atoms with Gasteiger partial charge in [-0.1, -0.05) is 23.7 Å². The average molecular weight is 296 g/mol. The van der Waals surface area contributed by atoms with Crippen molar-refractivity contribution in [2.45, 2.75) is 19.4 Å². The van der Waals surface area contributed by atoms with Crippen molar-refractivity contribution in [3.8, 4) is 0 Å². The molecule has 2 rings (SSSR count). The molecule has 1 atom stereocenters. The van der Waals surface area contributed by atoms with Crippen LogP contribution in [0.15, 0.2) is 24.3 Å². The van der Waals surface area contributed by atoms with Crippen LogP contribution in [-0.2, 0) is 6.42 Å². The van der Waals surface area contributed by atoms with Gasteiger partial charge in [-0.2, -0.15) is 0 Å². The normalized spacial score (nSPS) is 18.4. The Morgan fingerprint density at radius 1 is 1.25 bits per heavy atom. The Balaban J connectivity index is 1.73. The van der Waals surface area contributed by atoms with Gasteiger partial charge in [0.15, 0.2) is 0 Å². The Morgan fingerprint density at radius 3 is 2.55 bits per heavy atom. The Bertz CT molecular complexity index is 387. The molecule has 1 aromatic carbocycles. The zero-order valence-corrected chi connectivity index (χ0v) is 13.4. The molecule has 3 nitrogen and oxygen atoms in total. The predicted octanol–water partition coefficient (Wildman–Crippen LogP) is 2.11. The fourth-order valence-corrected chi connectivity index (χ4v) is 2.70. The second-order valence-electron chi connectivity index (χ2n) is 5.75. The van der Waals surface area contributed by atoms with E-state index in [4.69, 9.17) is 11.6 Å². The molecule has 0 aromatic heterocycles. The summed E-state index contributed by atoms with van der Waals surface area (Å²) in [6, 6.07) is 8.76. The summed E-state index contributed by atoms with van der Waals surface area (Å²) in [6.45, 7) is 9.22. The van der Waals surface area contributed by atoms with Gasteiger partial charge >= 0.3 is 0 Å². The number of halogens is 1. The van der Waals surface area contributed by atoms with Gasteiger partial charge in [0.1, 0.15) is 0 Å². The van der Waals surface area contributed by atoms with Gasteiger partial charge in [-0.15, -0.1) is 0 Å². The molecular weight excluding hydrogens is 270 g/mol. The van der Waals surface area contributed by atoms with Gasteiger partial charge in [0.25, 0.3) is 0 Å². The van der Waals surface area contributed by atoms with Gasteiger partial charge in [-0.25, -0.2) is 0 Å². The minimum Gasteiger partial charge on any atom is -0.314 e. The Morgan fingerprint density at radius 2 is 1.90 bits per heavy atom. The first-order chi connectivity index (χ1) is 9.65. The number of hydrogen-bond acceptors (Lipinski definition) is 3. The van der Waals surface area contributed by atoms with E-state index in [1.54, 1.807) is 0 Å². The number of hydrogen-bond donors (Lipinski definition) is 1. The average Bonchev–Trinajstić information content (AvgIpc) is 2.48. The standard InChI is InChI=1S/C16H26ClN3/c1-14(13-15-3-5-16(17)6-4-15)19(2)11-12-20-9-7-18-8-10-20/h3-6,14,18H,7-13H2,1-2H3. The van der Waals surface area contributed by atoms with Crippen LogP contribution in [0.25, 0.3) is 0 Å². The number of nitrogens with one attached hydrogen (secondary N) is 1. The predicted molar refractivity (Wildman–Crippen MR) is 86.6 cm³/mol. The molecular formula is C16H26ClN3. The molecule has 1 aliphatic heterocycles. The van der Waals surface area contributed by atoms with E-state index < -0.39 is 0 Å². The van der Waals surface area contributed by atoms with Crippen LogP contribution in [0, 0.1) is 0 Å². The van der Waals surface area contributed by atoms with Crippen LogP contribution in [0.3, 0.4) is 0 Å². The van der Waals surface area contributed by atoms with Crippen molar-refractivity contribution >= 4 is 11.6 Å². The molecule has 1 fully saturated rings. The summed E-state index contributed by atoms with van der Waals surface area (Å²) in [5.41, 5.74) is 1.36. The van der Waals surface area contributed by atoms with Crippen LogP contribution in [0.5, 0.6) is 0 Å². The van der Waals surface area contributed by atoms with E-state index in [1.165, 1.54) is 25.2 Å². The summed E-state index contributed by atoms with van der Waals surface area (Å²) in [6.07, 6.45) is 1.08. The molecule has 0 radical (unpaired) electrons. The van der Waals surface area contributed by atoms with Gasteiger partial charge in [0.2, 0.25) is 0 Å². The molecule has 1 N–H and O–H groups in total. The summed E-state index contributed by atoms with van der Waals surface area (Å²) in [4.78, 5) is 5.00. The maximum atomic E-state index is 5.93. The highest BCUT2D eigenvalue weighted by atomic mass is 35.5. The highest BCUT2D eigenvalue weighted by Crippen LogP contribution is 2.12. The molecule has 1 unspecified atom stereocenters. The lowest BCUT2D eigenvalue weighted by atomic mass is 10.1. The third kappa shape index (κ3) is 5.06. The van der Waals surface area contributed by atoms with Crippen LogP contribution >= 0.6 is 11.6 Å². The monoisotopic (exact) mass is 295 g/mol. The Labute approximate surface area is 127 Å². The van der Waals surface area contributed by atoms with E-state index in [1.807, 2.05) is 12.1 Å². The first-order valence-corrected chi connectivity index (χ1v) is 7.90. The van der Waals surface area contributed by atoms with Crippen molar-refractivity contribution in [2.75, 3.05) is 46.3 Å². The molecule has 1 aliphatic rings. The lowest BCUT2D eigenvalue weighted by Gasteiger charge is -2.31. The van der Waals surface area contributed by atoms with Crippen LogP contribution < -0.4 is 5.32 Å². The van der Waals surface area contributed by atoms with Crippen LogP contribution in [0.4, 0.5) is 0 Å². The van der Waals surface area contributed by atoms with Gasteiger partial charge in [0.05, 0.1) is 0 Å². The molecule has 1 aromatic rings. The number of piperazine rings is 1. The van der Waals surface area contributed by atoms with Crippen LogP contribution in [0.2, 0.25) is 5.02 Å². The van der Waals surface area contributed by atoms with E-state index in [2.05, 4.69) is 41.2 Å². The summed E-state index contributed by atoms with van der Waals surface area (Å²) in [5, 5.41) is 4.21. The maximum absolute atomic E-state index is 5.93. The lowest BCUT2D eigenvalue weighted by Crippen LogP contribution is -2.46. The molecule has 0 amide bonds. The molecule has 4 heteroatoms. The molecule has 0 aliphatic carbocycles. The third-order valence-corrected chi connectivity index (χ3v) is 4.43. The first-order valence-electron chi connectivity index (χ1n) is 7.53. The lowest BCUT2D eigenvalue weighted by molar-refractivity contribution is 0.182. The largest absolute Gasteiger partial charge is 0.314 e. The van der Waals surface area contributed by atoms with E-state index >= 15 is 0 Å². The summed E-state index contributed by atoms with van der Waals surface area (Å²) in [5.74, 6) is 0. The second-order valence-corrected chi connectivity index (χ2v) is 6.19. The molecule has 20 heavy (non-hydrogen) atoms. The Hall–Kier alpha value is -0.610. The smallest absolute Gasteiger partial charge is 0.0406 e. The molecule has 112 valence electrons. The summed E-state index contributed by atoms with van der Waals surface area (Å²) < 4.78 is 0. The number of nitrogens with zero attached hydrogens (tertiary/aromatic N) is 2. The van der Waals surface area contributed by atoms with Gasteiger partial charge in [-0.05, 0) is 38.1 Å². The minimum atomic E-state index is 0.555. The maximum Gasteiger partial charge on any atom is 0.0406 e. The fourth-order valence-electron chi connectivity index (χ4n) is 2.57. The molecule has 0 bridgehead atoms. The second kappa shape index (κ2) is 7.99. The number of rotatable bonds is 6. The van der Waals surface area contributed by atoms with Crippen molar-refractivity contribution < 1.29 is 0 Å². The fraction of sp³-hybridized carbons (Fsp3) is 0.625. The number of likely N-dealkylation sites (N-methyl/N-ethyl adjacent to an activating group) is 1. The first kappa shape index (κ1) is 15.8. The van der Waals surface area contributed by atoms with Gasteiger partial charge in [-0.3, -0.25) is 4.90 Å². The van der Waals surface area contributed by atoms with Crippen molar-refractivity contribution in [1.82, 2.24) is 15.1 Å². The van der Waals surface area contributed by atoms with E-state index in [0.717, 1.165) is 31.1 Å². The van der Waals surface area contributed by atoms with Crippen molar-refractivity contribution in [3.63, 3.8) is 0 Å². The van der Waals surface area contributed by atoms with Crippen molar-refractivity contribution in [3.05, 3.63) is 34.9 Å². The van der Waals surface area contributed by atoms with Crippen LogP contribution in [-0.4, -0.2) is 62.2 Å². The van der Waals surface area contributed by atoms with Crippen molar-refractivity contribution in [1.29, 1.82) is 0 Å². The molecule has 0 spiro atoms. The zero-order valence-electron chi connectivity index (χ0n) is 12.6. The van der Waals surface area contributed by atoms with E-state index in [-0.39, 0.29) is 0 Å². The Kier molecular flexibility index (Phi) is 6.30. The third-order valence-electron chi connectivity index (χ3n) is 4.18. The van der Waals surface area contributed by atoms with E-state index in [9.17, 15) is 0 Å². The quantitative estimate of drug-likeness (QED) is 0.867. The zero-order chi connectivity index (χ0) is 14.4. The van der Waals surface area contributed by atoms with Crippen molar-refractivity contribution in [2.24, 2.45) is 0 Å². The topological polar surface area (TPSA) is 18.5 Å². The number of benzene rings is 1. The SMILES string of the molecule is CC(Cc1ccc(Cl)cc1)N(C)CCN1CCNCC1. The summed E-state index contributed by atoms with van der Waals surface area (Å²) >= 11 is 5.93. The minimum absolute atomic E-state index is 0.555. The van der Waals surface area contributed by atoms with Gasteiger partial charge in [0, 0.05) is 50.3 Å². The molecule has 1 heterocycles. The highest BCUT2D eigenvalue weighted by Gasteiger charge is 2.13. The van der Waals surface area contributed by atoms with Crippen LogP contribution in [0.1, 0.15) is 12.5 Å².